The maximum Gasteiger partial charge on any atom is 0.0547 e. The van der Waals surface area contributed by atoms with Crippen molar-refractivity contribution in [2.24, 2.45) is 0 Å². The monoisotopic (exact) mass is 612 g/mol. The zero-order chi connectivity index (χ0) is 31.9. The van der Waals surface area contributed by atoms with Gasteiger partial charge in [-0.25, -0.2) is 0 Å². The summed E-state index contributed by atoms with van der Waals surface area (Å²) in [7, 11) is 0. The van der Waals surface area contributed by atoms with E-state index < -0.39 is 0 Å². The van der Waals surface area contributed by atoms with E-state index in [9.17, 15) is 0 Å². The van der Waals surface area contributed by atoms with Crippen LogP contribution in [0.3, 0.4) is 0 Å². The molecule has 0 atom stereocenters. The number of hydrogen-bond acceptors (Lipinski definition) is 1. The number of rotatable bonds is 6. The Hall–Kier alpha value is -6.38. The Morgan fingerprint density at radius 1 is 0.312 bits per heavy atom. The molecule has 2 nitrogen and oxygen atoms in total. The number of fused-ring (bicyclic) bond motifs is 4. The van der Waals surface area contributed by atoms with Gasteiger partial charge in [0, 0.05) is 33.5 Å². The molecular weight excluding hydrogens is 581 g/mol. The average Bonchev–Trinajstić information content (AvgIpc) is 3.48. The summed E-state index contributed by atoms with van der Waals surface area (Å²) >= 11 is 0. The summed E-state index contributed by atoms with van der Waals surface area (Å²) in [5, 5.41) is 5.01. The molecule has 1 heterocycles. The molecule has 0 unspecified atom stereocenters. The van der Waals surface area contributed by atoms with Crippen LogP contribution >= 0.6 is 0 Å². The van der Waals surface area contributed by atoms with E-state index in [2.05, 4.69) is 204 Å². The summed E-state index contributed by atoms with van der Waals surface area (Å²) < 4.78 is 2.39. The number of nitrogens with zero attached hydrogens (tertiary/aromatic N) is 2. The Labute approximate surface area is 280 Å². The second-order valence-electron chi connectivity index (χ2n) is 12.3. The van der Waals surface area contributed by atoms with E-state index in [1.807, 2.05) is 0 Å². The van der Waals surface area contributed by atoms with Crippen molar-refractivity contribution in [1.82, 2.24) is 4.57 Å². The topological polar surface area (TPSA) is 8.17 Å². The van der Waals surface area contributed by atoms with E-state index in [0.29, 0.717) is 0 Å². The molecule has 0 saturated heterocycles. The zero-order valence-corrected chi connectivity index (χ0v) is 26.4. The highest BCUT2D eigenvalue weighted by atomic mass is 15.1. The molecule has 0 saturated carbocycles. The van der Waals surface area contributed by atoms with Gasteiger partial charge in [0.2, 0.25) is 0 Å². The molecule has 1 aromatic heterocycles. The van der Waals surface area contributed by atoms with Gasteiger partial charge in [0.1, 0.15) is 0 Å². The van der Waals surface area contributed by atoms with Gasteiger partial charge in [-0.3, -0.25) is 0 Å². The number of anilines is 3. The molecule has 0 radical (unpaired) electrons. The van der Waals surface area contributed by atoms with E-state index in [0.717, 1.165) is 17.1 Å². The predicted molar refractivity (Wildman–Crippen MR) is 204 cm³/mol. The van der Waals surface area contributed by atoms with E-state index in [1.54, 1.807) is 0 Å². The van der Waals surface area contributed by atoms with Crippen LogP contribution in [0.4, 0.5) is 17.1 Å². The van der Waals surface area contributed by atoms with Gasteiger partial charge in [0.15, 0.2) is 0 Å². The molecule has 226 valence electrons. The number of hydrogen-bond donors (Lipinski definition) is 0. The van der Waals surface area contributed by atoms with E-state index in [1.165, 1.54) is 60.5 Å². The molecule has 0 N–H and O–H groups in total. The van der Waals surface area contributed by atoms with Crippen LogP contribution in [0.15, 0.2) is 194 Å². The van der Waals surface area contributed by atoms with Crippen molar-refractivity contribution in [1.29, 1.82) is 0 Å². The Kier molecular flexibility index (Phi) is 6.84. The molecule has 8 aromatic carbocycles. The van der Waals surface area contributed by atoms with Gasteiger partial charge in [0.05, 0.1) is 11.0 Å². The third kappa shape index (κ3) is 4.92. The van der Waals surface area contributed by atoms with Gasteiger partial charge in [-0.05, 0) is 106 Å². The number of para-hydroxylation sites is 3. The van der Waals surface area contributed by atoms with Crippen LogP contribution in [-0.4, -0.2) is 4.57 Å². The van der Waals surface area contributed by atoms with Gasteiger partial charge in [-0.2, -0.15) is 0 Å². The number of benzene rings is 8. The standard InChI is InChI=1S/C46H32N2/c1-4-13-33(14-5-1)34-25-27-41(28-26-34)47(39-16-6-2-7-17-39)42-20-12-15-35(30-42)36-23-24-37-31-44-43-21-10-11-22-45(43)48(40-18-8-3-9-19-40)46(44)32-38(37)29-36/h1-32H. The molecule has 0 aliphatic rings. The molecule has 9 rings (SSSR count). The SMILES string of the molecule is c1ccc(-c2ccc(N(c3ccccc3)c3cccc(-c4ccc5cc6c7ccccc7n(-c7ccccc7)c6cc5c4)c3)cc2)cc1. The smallest absolute Gasteiger partial charge is 0.0547 e. The molecule has 0 amide bonds. The van der Waals surface area contributed by atoms with Crippen LogP contribution in [0.5, 0.6) is 0 Å². The lowest BCUT2D eigenvalue weighted by Crippen LogP contribution is -2.09. The lowest BCUT2D eigenvalue weighted by molar-refractivity contribution is 1.18. The van der Waals surface area contributed by atoms with Crippen molar-refractivity contribution < 1.29 is 0 Å². The highest BCUT2D eigenvalue weighted by Gasteiger charge is 2.16. The molecular formula is C46H32N2. The van der Waals surface area contributed by atoms with Crippen molar-refractivity contribution in [3.63, 3.8) is 0 Å². The molecule has 0 spiro atoms. The van der Waals surface area contributed by atoms with E-state index in [-0.39, 0.29) is 0 Å². The van der Waals surface area contributed by atoms with Gasteiger partial charge in [0.25, 0.3) is 0 Å². The predicted octanol–water partition coefficient (Wildman–Crippen LogP) is 12.7. The lowest BCUT2D eigenvalue weighted by Gasteiger charge is -2.26. The summed E-state index contributed by atoms with van der Waals surface area (Å²) in [4.78, 5) is 2.33. The molecule has 0 aliphatic carbocycles. The maximum absolute atomic E-state index is 2.39. The summed E-state index contributed by atoms with van der Waals surface area (Å²) in [6.45, 7) is 0. The third-order valence-electron chi connectivity index (χ3n) is 9.33. The second kappa shape index (κ2) is 11.8. The molecule has 0 fully saturated rings. The zero-order valence-electron chi connectivity index (χ0n) is 26.4. The van der Waals surface area contributed by atoms with Gasteiger partial charge in [-0.1, -0.05) is 121 Å². The second-order valence-corrected chi connectivity index (χ2v) is 12.3. The summed E-state index contributed by atoms with van der Waals surface area (Å²) in [5.74, 6) is 0. The minimum Gasteiger partial charge on any atom is -0.310 e. The Balaban J connectivity index is 1.15. The lowest BCUT2D eigenvalue weighted by atomic mass is 9.99. The van der Waals surface area contributed by atoms with Gasteiger partial charge >= 0.3 is 0 Å². The highest BCUT2D eigenvalue weighted by Crippen LogP contribution is 2.39. The Morgan fingerprint density at radius 2 is 0.896 bits per heavy atom. The normalized spacial score (nSPS) is 11.3. The summed E-state index contributed by atoms with van der Waals surface area (Å²) in [6.07, 6.45) is 0. The minimum absolute atomic E-state index is 1.12. The summed E-state index contributed by atoms with van der Waals surface area (Å²) in [5.41, 5.74) is 11.8. The van der Waals surface area contributed by atoms with Crippen LogP contribution in [0.2, 0.25) is 0 Å². The fraction of sp³-hybridized carbons (Fsp3) is 0. The van der Waals surface area contributed by atoms with Gasteiger partial charge < -0.3 is 9.47 Å². The first-order valence-electron chi connectivity index (χ1n) is 16.4. The maximum atomic E-state index is 2.39. The Morgan fingerprint density at radius 3 is 1.69 bits per heavy atom. The van der Waals surface area contributed by atoms with Gasteiger partial charge in [-0.15, -0.1) is 0 Å². The van der Waals surface area contributed by atoms with E-state index >= 15 is 0 Å². The molecule has 2 heteroatoms. The fourth-order valence-electron chi connectivity index (χ4n) is 7.03. The minimum atomic E-state index is 1.12. The Bertz CT molecular complexity index is 2530. The molecule has 48 heavy (non-hydrogen) atoms. The molecule has 9 aromatic rings. The first-order chi connectivity index (χ1) is 23.8. The highest BCUT2D eigenvalue weighted by molar-refractivity contribution is 6.14. The quantitative estimate of drug-likeness (QED) is 0.181. The van der Waals surface area contributed by atoms with Crippen molar-refractivity contribution in [3.05, 3.63) is 194 Å². The first-order valence-corrected chi connectivity index (χ1v) is 16.4. The average molecular weight is 613 g/mol. The van der Waals surface area contributed by atoms with Crippen LogP contribution in [0.25, 0.3) is 60.5 Å². The fourth-order valence-corrected chi connectivity index (χ4v) is 7.03. The largest absolute Gasteiger partial charge is 0.310 e. The first kappa shape index (κ1) is 27.9. The van der Waals surface area contributed by atoms with Crippen LogP contribution in [-0.2, 0) is 0 Å². The van der Waals surface area contributed by atoms with Crippen LogP contribution < -0.4 is 4.90 Å². The van der Waals surface area contributed by atoms with E-state index in [4.69, 9.17) is 0 Å². The van der Waals surface area contributed by atoms with Crippen molar-refractivity contribution >= 4 is 49.6 Å². The number of aromatic nitrogens is 1. The molecule has 0 bridgehead atoms. The van der Waals surface area contributed by atoms with Crippen molar-refractivity contribution in [2.45, 2.75) is 0 Å². The third-order valence-corrected chi connectivity index (χ3v) is 9.33. The van der Waals surface area contributed by atoms with Crippen molar-refractivity contribution in [3.8, 4) is 27.9 Å². The van der Waals surface area contributed by atoms with Crippen LogP contribution in [0.1, 0.15) is 0 Å². The summed E-state index contributed by atoms with van der Waals surface area (Å²) in [6, 6.07) is 69.8. The molecule has 0 aliphatic heterocycles. The van der Waals surface area contributed by atoms with Crippen molar-refractivity contribution in [2.75, 3.05) is 4.90 Å². The van der Waals surface area contributed by atoms with Crippen LogP contribution in [0, 0.1) is 0 Å².